The van der Waals surface area contributed by atoms with E-state index in [2.05, 4.69) is 25.2 Å². The summed E-state index contributed by atoms with van der Waals surface area (Å²) in [6, 6.07) is 0. The molecule has 0 bridgehead atoms. The average molecular weight is 248 g/mol. The summed E-state index contributed by atoms with van der Waals surface area (Å²) in [4.78, 5) is 15.3. The van der Waals surface area contributed by atoms with Crippen molar-refractivity contribution >= 4 is 5.91 Å². The summed E-state index contributed by atoms with van der Waals surface area (Å²) in [5.74, 6) is 0.196. The van der Waals surface area contributed by atoms with Crippen molar-refractivity contribution in [1.29, 1.82) is 0 Å². The van der Waals surface area contributed by atoms with Crippen molar-refractivity contribution in [3.63, 3.8) is 0 Å². The number of nitrogens with one attached hydrogen (secondary N) is 2. The molecular weight excluding hydrogens is 234 g/mol. The Balaban J connectivity index is 2.21. The van der Waals surface area contributed by atoms with Gasteiger partial charge >= 0.3 is 0 Å². The molecule has 0 aromatic carbocycles. The molecule has 0 saturated carbocycles. The van der Waals surface area contributed by atoms with E-state index in [-0.39, 0.29) is 19.0 Å². The first-order valence-electron chi connectivity index (χ1n) is 5.18. The highest BCUT2D eigenvalue weighted by Gasteiger charge is 2.10. The molecule has 1 rings (SSSR count). The Bertz CT molecular complexity index is 357. The predicted molar refractivity (Wildman–Crippen MR) is 54.9 cm³/mol. The van der Waals surface area contributed by atoms with Gasteiger partial charge in [0.25, 0.3) is 12.3 Å². The Morgan fingerprint density at radius 1 is 1.59 bits per heavy atom. The number of hydrogen-bond acceptors (Lipinski definition) is 4. The second kappa shape index (κ2) is 6.89. The highest BCUT2D eigenvalue weighted by molar-refractivity contribution is 5.90. The maximum absolute atomic E-state index is 11.7. The Labute approximate surface area is 96.8 Å². The van der Waals surface area contributed by atoms with E-state index in [1.807, 2.05) is 6.92 Å². The minimum atomic E-state index is -2.49. The van der Waals surface area contributed by atoms with Gasteiger partial charge in [-0.25, -0.2) is 13.8 Å². The molecule has 0 unspecified atom stereocenters. The normalized spacial score (nSPS) is 10.8. The Morgan fingerprint density at radius 2 is 2.35 bits per heavy atom. The first kappa shape index (κ1) is 13.5. The lowest BCUT2D eigenvalue weighted by atomic mass is 10.4. The number of aryl methyl sites for hydroxylation is 1. The largest absolute Gasteiger partial charge is 0.374 e. The molecule has 96 valence electrons. The number of nitrogens with zero attached hydrogens (tertiary/aromatic N) is 2. The number of carbonyl (C=O) groups is 1. The Kier molecular flexibility index (Phi) is 5.47. The van der Waals surface area contributed by atoms with E-state index in [0.29, 0.717) is 12.2 Å². The number of carbonyl (C=O) groups excluding carboxylic acids is 1. The lowest BCUT2D eigenvalue weighted by molar-refractivity contribution is 0.0188. The van der Waals surface area contributed by atoms with Crippen LogP contribution in [0.3, 0.4) is 0 Å². The van der Waals surface area contributed by atoms with Gasteiger partial charge in [0.2, 0.25) is 5.82 Å². The van der Waals surface area contributed by atoms with Crippen LogP contribution in [0.1, 0.15) is 23.4 Å². The third kappa shape index (κ3) is 4.85. The van der Waals surface area contributed by atoms with Gasteiger partial charge in [0.15, 0.2) is 0 Å². The Hall–Kier alpha value is -1.57. The van der Waals surface area contributed by atoms with E-state index in [9.17, 15) is 13.6 Å². The van der Waals surface area contributed by atoms with Crippen molar-refractivity contribution in [2.75, 3.05) is 19.8 Å². The molecule has 1 heterocycles. The zero-order chi connectivity index (χ0) is 12.7. The summed E-state index contributed by atoms with van der Waals surface area (Å²) >= 11 is 0. The van der Waals surface area contributed by atoms with E-state index in [1.54, 1.807) is 0 Å². The Morgan fingerprint density at radius 3 is 2.94 bits per heavy atom. The number of amides is 1. The summed E-state index contributed by atoms with van der Waals surface area (Å²) in [6.07, 6.45) is -1.84. The third-order valence-electron chi connectivity index (χ3n) is 1.85. The number of H-pyrrole nitrogens is 1. The minimum Gasteiger partial charge on any atom is -0.374 e. The van der Waals surface area contributed by atoms with E-state index >= 15 is 0 Å². The van der Waals surface area contributed by atoms with Crippen molar-refractivity contribution < 1.29 is 18.3 Å². The van der Waals surface area contributed by atoms with E-state index in [1.165, 1.54) is 0 Å². The van der Waals surface area contributed by atoms with Crippen molar-refractivity contribution in [1.82, 2.24) is 20.5 Å². The number of alkyl halides is 2. The molecule has 0 aliphatic rings. The maximum atomic E-state index is 11.7. The molecule has 0 saturated heterocycles. The predicted octanol–water partition coefficient (Wildman–Crippen LogP) is 0.379. The SMILES string of the molecule is CCc1nc(C(=O)NCCOCC(F)F)n[nH]1. The highest BCUT2D eigenvalue weighted by Crippen LogP contribution is 1.94. The minimum absolute atomic E-state index is 0.0289. The summed E-state index contributed by atoms with van der Waals surface area (Å²) in [6.45, 7) is 1.42. The molecule has 0 aliphatic carbocycles. The second-order valence-electron chi connectivity index (χ2n) is 3.18. The van der Waals surface area contributed by atoms with Crippen molar-refractivity contribution in [2.24, 2.45) is 0 Å². The number of ether oxygens (including phenoxy) is 1. The summed E-state index contributed by atoms with van der Waals surface area (Å²) in [5.41, 5.74) is 0. The van der Waals surface area contributed by atoms with Crippen LogP contribution in [-0.4, -0.2) is 47.3 Å². The number of aromatic amines is 1. The van der Waals surface area contributed by atoms with Gasteiger partial charge in [-0.3, -0.25) is 9.89 Å². The van der Waals surface area contributed by atoms with Crippen LogP contribution in [0.2, 0.25) is 0 Å². The van der Waals surface area contributed by atoms with Crippen LogP contribution in [0.4, 0.5) is 8.78 Å². The molecule has 0 radical (unpaired) electrons. The number of aromatic nitrogens is 3. The molecule has 1 aromatic heterocycles. The first-order valence-corrected chi connectivity index (χ1v) is 5.18. The monoisotopic (exact) mass is 248 g/mol. The molecule has 0 aliphatic heterocycles. The van der Waals surface area contributed by atoms with Crippen LogP contribution in [0.15, 0.2) is 0 Å². The van der Waals surface area contributed by atoms with Gasteiger partial charge in [0, 0.05) is 13.0 Å². The summed E-state index contributed by atoms with van der Waals surface area (Å²) < 4.78 is 28.0. The van der Waals surface area contributed by atoms with Gasteiger partial charge in [-0.2, -0.15) is 0 Å². The highest BCUT2D eigenvalue weighted by atomic mass is 19.3. The topological polar surface area (TPSA) is 79.9 Å². The van der Waals surface area contributed by atoms with Crippen molar-refractivity contribution in [3.8, 4) is 0 Å². The van der Waals surface area contributed by atoms with Crippen LogP contribution >= 0.6 is 0 Å². The fourth-order valence-corrected chi connectivity index (χ4v) is 1.04. The average Bonchev–Trinajstić information content (AvgIpc) is 2.76. The second-order valence-corrected chi connectivity index (χ2v) is 3.18. The van der Waals surface area contributed by atoms with Crippen LogP contribution in [0, 0.1) is 0 Å². The van der Waals surface area contributed by atoms with Crippen molar-refractivity contribution in [2.45, 2.75) is 19.8 Å². The quantitative estimate of drug-likeness (QED) is 0.683. The van der Waals surface area contributed by atoms with Gasteiger partial charge < -0.3 is 10.1 Å². The number of hydrogen-bond donors (Lipinski definition) is 2. The van der Waals surface area contributed by atoms with Crippen LogP contribution < -0.4 is 5.32 Å². The molecule has 8 heteroatoms. The standard InChI is InChI=1S/C9H14F2N4O2/c1-2-7-13-8(15-14-7)9(16)12-3-4-17-5-6(10)11/h6H,2-5H2,1H3,(H,12,16)(H,13,14,15). The van der Waals surface area contributed by atoms with E-state index < -0.39 is 18.9 Å². The zero-order valence-electron chi connectivity index (χ0n) is 9.37. The van der Waals surface area contributed by atoms with Crippen LogP contribution in [-0.2, 0) is 11.2 Å². The molecule has 0 fully saturated rings. The molecule has 0 spiro atoms. The fourth-order valence-electron chi connectivity index (χ4n) is 1.04. The molecule has 1 amide bonds. The van der Waals surface area contributed by atoms with Crippen LogP contribution in [0.5, 0.6) is 0 Å². The molecule has 17 heavy (non-hydrogen) atoms. The molecule has 0 atom stereocenters. The first-order chi connectivity index (χ1) is 8.13. The van der Waals surface area contributed by atoms with Crippen LogP contribution in [0.25, 0.3) is 0 Å². The molecule has 2 N–H and O–H groups in total. The summed E-state index contributed by atoms with van der Waals surface area (Å²) in [5, 5.41) is 8.76. The number of halogens is 2. The maximum Gasteiger partial charge on any atom is 0.291 e. The molecule has 1 aromatic rings. The smallest absolute Gasteiger partial charge is 0.291 e. The van der Waals surface area contributed by atoms with E-state index in [0.717, 1.165) is 0 Å². The summed E-state index contributed by atoms with van der Waals surface area (Å²) in [7, 11) is 0. The zero-order valence-corrected chi connectivity index (χ0v) is 9.37. The van der Waals surface area contributed by atoms with E-state index in [4.69, 9.17) is 0 Å². The third-order valence-corrected chi connectivity index (χ3v) is 1.85. The van der Waals surface area contributed by atoms with Crippen molar-refractivity contribution in [3.05, 3.63) is 11.6 Å². The molecule has 6 nitrogen and oxygen atoms in total. The van der Waals surface area contributed by atoms with Gasteiger partial charge in [-0.1, -0.05) is 6.92 Å². The lowest BCUT2D eigenvalue weighted by Gasteiger charge is -2.03. The lowest BCUT2D eigenvalue weighted by Crippen LogP contribution is -2.28. The number of rotatable bonds is 7. The van der Waals surface area contributed by atoms with Gasteiger partial charge in [-0.05, 0) is 0 Å². The molecular formula is C9H14F2N4O2. The van der Waals surface area contributed by atoms with Gasteiger partial charge in [0.05, 0.1) is 6.61 Å². The van der Waals surface area contributed by atoms with Gasteiger partial charge in [0.1, 0.15) is 12.4 Å². The van der Waals surface area contributed by atoms with Gasteiger partial charge in [-0.15, -0.1) is 5.10 Å². The fraction of sp³-hybridized carbons (Fsp3) is 0.667.